The fraction of sp³-hybridized carbons (Fsp3) is 0.350. The van der Waals surface area contributed by atoms with E-state index in [9.17, 15) is 14.4 Å². The van der Waals surface area contributed by atoms with Crippen LogP contribution in [0.25, 0.3) is 0 Å². The molecule has 1 atom stereocenters. The predicted octanol–water partition coefficient (Wildman–Crippen LogP) is 2.88. The molecular formula is C20H21N3O3S. The van der Waals surface area contributed by atoms with Crippen LogP contribution in [0.2, 0.25) is 0 Å². The summed E-state index contributed by atoms with van der Waals surface area (Å²) in [6, 6.07) is 10.3. The van der Waals surface area contributed by atoms with Gasteiger partial charge in [-0.25, -0.2) is 0 Å². The Balaban J connectivity index is 1.43. The molecule has 0 bridgehead atoms. The number of nitrogens with zero attached hydrogens (tertiary/aromatic N) is 1. The molecule has 1 aliphatic carbocycles. The van der Waals surface area contributed by atoms with Crippen LogP contribution in [0.1, 0.15) is 45.7 Å². The lowest BCUT2D eigenvalue weighted by Crippen LogP contribution is -2.43. The lowest BCUT2D eigenvalue weighted by Gasteiger charge is -2.23. The number of anilines is 1. The van der Waals surface area contributed by atoms with Gasteiger partial charge in [-0.05, 0) is 55.3 Å². The minimum atomic E-state index is -0.483. The van der Waals surface area contributed by atoms with Crippen LogP contribution >= 0.6 is 11.3 Å². The van der Waals surface area contributed by atoms with Crippen LogP contribution in [-0.2, 0) is 4.79 Å². The first-order valence-corrected chi connectivity index (χ1v) is 10.1. The van der Waals surface area contributed by atoms with Gasteiger partial charge >= 0.3 is 0 Å². The Morgan fingerprint density at radius 3 is 2.67 bits per heavy atom. The minimum absolute atomic E-state index is 0.0970. The van der Waals surface area contributed by atoms with Gasteiger partial charge in [-0.2, -0.15) is 0 Å². The Hall–Kier alpha value is -2.67. The van der Waals surface area contributed by atoms with Gasteiger partial charge in [0, 0.05) is 23.8 Å². The number of benzene rings is 1. The van der Waals surface area contributed by atoms with Gasteiger partial charge in [-0.1, -0.05) is 12.1 Å². The van der Waals surface area contributed by atoms with Crippen molar-refractivity contribution in [3.63, 3.8) is 0 Å². The van der Waals surface area contributed by atoms with Crippen molar-refractivity contribution in [3.8, 4) is 0 Å². The van der Waals surface area contributed by atoms with E-state index in [4.69, 9.17) is 0 Å². The van der Waals surface area contributed by atoms with Crippen LogP contribution in [-0.4, -0.2) is 41.2 Å². The van der Waals surface area contributed by atoms with Crippen LogP contribution in [0.4, 0.5) is 5.69 Å². The number of hydrogen-bond acceptors (Lipinski definition) is 4. The molecule has 2 N–H and O–H groups in total. The maximum atomic E-state index is 12.8. The highest BCUT2D eigenvalue weighted by atomic mass is 32.1. The van der Waals surface area contributed by atoms with E-state index < -0.39 is 6.04 Å². The molecule has 1 aromatic carbocycles. The third-order valence-electron chi connectivity index (χ3n) is 4.85. The number of rotatable bonds is 5. The quantitative estimate of drug-likeness (QED) is 0.833. The maximum Gasteiger partial charge on any atom is 0.264 e. The fourth-order valence-corrected chi connectivity index (χ4v) is 3.96. The lowest BCUT2D eigenvalue weighted by molar-refractivity contribution is -0.119. The summed E-state index contributed by atoms with van der Waals surface area (Å²) in [5, 5.41) is 7.67. The zero-order valence-corrected chi connectivity index (χ0v) is 15.6. The van der Waals surface area contributed by atoms with Crippen LogP contribution in [0.5, 0.6) is 0 Å². The van der Waals surface area contributed by atoms with Crippen LogP contribution in [0, 0.1) is 0 Å². The summed E-state index contributed by atoms with van der Waals surface area (Å²) < 4.78 is 0. The Labute approximate surface area is 161 Å². The zero-order valence-electron chi connectivity index (χ0n) is 14.8. The molecule has 0 unspecified atom stereocenters. The first kappa shape index (κ1) is 17.7. The summed E-state index contributed by atoms with van der Waals surface area (Å²) in [5.74, 6) is -0.429. The van der Waals surface area contributed by atoms with Gasteiger partial charge in [0.1, 0.15) is 6.04 Å². The molecule has 27 heavy (non-hydrogen) atoms. The standard InChI is InChI=1S/C20H21N3O3S/c24-18(21-14-8-9-14)13-4-1-5-15(12-13)22-19(25)16-6-2-10-23(16)20(26)17-7-3-11-27-17/h1,3-5,7,11-12,14,16H,2,6,8-10H2,(H,21,24)(H,22,25)/t16-/m0/s1. The molecule has 1 aromatic heterocycles. The van der Waals surface area contributed by atoms with Crippen LogP contribution in [0.15, 0.2) is 41.8 Å². The molecule has 0 spiro atoms. The van der Waals surface area contributed by atoms with Crippen molar-refractivity contribution < 1.29 is 14.4 Å². The van der Waals surface area contributed by atoms with Gasteiger partial charge in [-0.3, -0.25) is 14.4 Å². The smallest absolute Gasteiger partial charge is 0.264 e. The molecule has 4 rings (SSSR count). The van der Waals surface area contributed by atoms with E-state index in [1.54, 1.807) is 35.2 Å². The number of carbonyl (C=O) groups excluding carboxylic acids is 3. The van der Waals surface area contributed by atoms with Crippen molar-refractivity contribution in [3.05, 3.63) is 52.2 Å². The largest absolute Gasteiger partial charge is 0.349 e. The highest BCUT2D eigenvalue weighted by Gasteiger charge is 2.35. The fourth-order valence-electron chi connectivity index (χ4n) is 3.28. The molecular weight excluding hydrogens is 362 g/mol. The second-order valence-corrected chi connectivity index (χ2v) is 7.90. The van der Waals surface area contributed by atoms with E-state index in [2.05, 4.69) is 10.6 Å². The molecule has 0 radical (unpaired) electrons. The van der Waals surface area contributed by atoms with Gasteiger partial charge in [0.25, 0.3) is 11.8 Å². The number of likely N-dealkylation sites (tertiary alicyclic amines) is 1. The average Bonchev–Trinajstić information content (AvgIpc) is 3.16. The molecule has 3 amide bonds. The zero-order chi connectivity index (χ0) is 18.8. The molecule has 7 heteroatoms. The van der Waals surface area contributed by atoms with Crippen LogP contribution in [0.3, 0.4) is 0 Å². The molecule has 6 nitrogen and oxygen atoms in total. The Morgan fingerprint density at radius 2 is 1.93 bits per heavy atom. The van der Waals surface area contributed by atoms with E-state index in [-0.39, 0.29) is 23.8 Å². The normalized spacial score (nSPS) is 19.0. The predicted molar refractivity (Wildman–Crippen MR) is 104 cm³/mol. The van der Waals surface area contributed by atoms with E-state index >= 15 is 0 Å². The molecule has 2 fully saturated rings. The monoisotopic (exact) mass is 383 g/mol. The minimum Gasteiger partial charge on any atom is -0.349 e. The summed E-state index contributed by atoms with van der Waals surface area (Å²) in [6.07, 6.45) is 3.50. The van der Waals surface area contributed by atoms with Gasteiger partial charge in [0.15, 0.2) is 0 Å². The summed E-state index contributed by atoms with van der Waals surface area (Å²) in [5.41, 5.74) is 1.09. The average molecular weight is 383 g/mol. The Kier molecular flexibility index (Phi) is 4.94. The molecule has 2 aromatic rings. The molecule has 1 saturated carbocycles. The number of hydrogen-bond donors (Lipinski definition) is 2. The number of thiophene rings is 1. The Morgan fingerprint density at radius 1 is 1.07 bits per heavy atom. The van der Waals surface area contributed by atoms with Gasteiger partial charge < -0.3 is 15.5 Å². The van der Waals surface area contributed by atoms with E-state index in [0.717, 1.165) is 19.3 Å². The summed E-state index contributed by atoms with van der Waals surface area (Å²) in [4.78, 5) is 39.9. The second kappa shape index (κ2) is 7.52. The number of amides is 3. The van der Waals surface area contributed by atoms with Gasteiger partial charge in [0.2, 0.25) is 5.91 Å². The first-order valence-electron chi connectivity index (χ1n) is 9.18. The maximum absolute atomic E-state index is 12.8. The summed E-state index contributed by atoms with van der Waals surface area (Å²) in [7, 11) is 0. The molecule has 2 aliphatic rings. The third-order valence-corrected chi connectivity index (χ3v) is 5.71. The highest BCUT2D eigenvalue weighted by molar-refractivity contribution is 7.12. The molecule has 1 aliphatic heterocycles. The molecule has 1 saturated heterocycles. The summed E-state index contributed by atoms with van der Waals surface area (Å²) >= 11 is 1.38. The SMILES string of the molecule is O=C(NC1CC1)c1cccc(NC(=O)[C@@H]2CCCN2C(=O)c2cccs2)c1. The Bertz CT molecular complexity index is 861. The number of carbonyl (C=O) groups is 3. The molecule has 2 heterocycles. The first-order chi connectivity index (χ1) is 13.1. The van der Waals surface area contributed by atoms with Crippen molar-refractivity contribution in [1.82, 2.24) is 10.2 Å². The van der Waals surface area contributed by atoms with Crippen LogP contribution < -0.4 is 10.6 Å². The van der Waals surface area contributed by atoms with Gasteiger partial charge in [0.05, 0.1) is 4.88 Å². The van der Waals surface area contributed by atoms with Crippen molar-refractivity contribution in [2.75, 3.05) is 11.9 Å². The third kappa shape index (κ3) is 4.03. The van der Waals surface area contributed by atoms with Crippen molar-refractivity contribution in [1.29, 1.82) is 0 Å². The van der Waals surface area contributed by atoms with E-state index in [0.29, 0.717) is 29.1 Å². The number of nitrogens with one attached hydrogen (secondary N) is 2. The van der Waals surface area contributed by atoms with Crippen molar-refractivity contribution in [2.24, 2.45) is 0 Å². The second-order valence-electron chi connectivity index (χ2n) is 6.95. The van der Waals surface area contributed by atoms with E-state index in [1.165, 1.54) is 11.3 Å². The highest BCUT2D eigenvalue weighted by Crippen LogP contribution is 2.24. The molecule has 140 valence electrons. The van der Waals surface area contributed by atoms with Crippen molar-refractivity contribution in [2.45, 2.75) is 37.8 Å². The topological polar surface area (TPSA) is 78.5 Å². The van der Waals surface area contributed by atoms with E-state index in [1.807, 2.05) is 11.4 Å². The summed E-state index contributed by atoms with van der Waals surface area (Å²) in [6.45, 7) is 0.582. The van der Waals surface area contributed by atoms with Crippen molar-refractivity contribution >= 4 is 34.7 Å². The lowest BCUT2D eigenvalue weighted by atomic mass is 10.1. The van der Waals surface area contributed by atoms with Gasteiger partial charge in [-0.15, -0.1) is 11.3 Å².